The number of carbonyl (C=O) groups is 1. The SMILES string of the molecule is CCCCOCCOc1nccc(C(=O)O)c1Cl. The first-order chi connectivity index (χ1) is 8.66. The summed E-state index contributed by atoms with van der Waals surface area (Å²) < 4.78 is 10.6. The van der Waals surface area contributed by atoms with Crippen LogP contribution in [0.15, 0.2) is 12.3 Å². The molecular formula is C12H16ClNO4. The predicted molar refractivity (Wildman–Crippen MR) is 67.4 cm³/mol. The number of hydrogen-bond donors (Lipinski definition) is 1. The van der Waals surface area contributed by atoms with Gasteiger partial charge in [-0.05, 0) is 12.5 Å². The smallest absolute Gasteiger partial charge is 0.337 e. The first-order valence-corrected chi connectivity index (χ1v) is 6.13. The van der Waals surface area contributed by atoms with Crippen molar-refractivity contribution >= 4 is 17.6 Å². The summed E-state index contributed by atoms with van der Waals surface area (Å²) in [5, 5.41) is 8.88. The topological polar surface area (TPSA) is 68.7 Å². The summed E-state index contributed by atoms with van der Waals surface area (Å²) in [5.41, 5.74) is -0.0198. The minimum Gasteiger partial charge on any atom is -0.478 e. The maximum Gasteiger partial charge on any atom is 0.337 e. The van der Waals surface area contributed by atoms with Crippen LogP contribution in [0.1, 0.15) is 30.1 Å². The maximum absolute atomic E-state index is 10.8. The highest BCUT2D eigenvalue weighted by molar-refractivity contribution is 6.34. The molecule has 1 aromatic rings. The third kappa shape index (κ3) is 4.50. The van der Waals surface area contributed by atoms with E-state index < -0.39 is 5.97 Å². The van der Waals surface area contributed by atoms with Crippen LogP contribution < -0.4 is 4.74 Å². The molecule has 18 heavy (non-hydrogen) atoms. The van der Waals surface area contributed by atoms with E-state index in [4.69, 9.17) is 26.2 Å². The fraction of sp³-hybridized carbons (Fsp3) is 0.500. The largest absolute Gasteiger partial charge is 0.478 e. The van der Waals surface area contributed by atoms with E-state index in [0.29, 0.717) is 19.8 Å². The number of halogens is 1. The fourth-order valence-electron chi connectivity index (χ4n) is 1.24. The van der Waals surface area contributed by atoms with Crippen LogP contribution in [-0.4, -0.2) is 35.9 Å². The number of rotatable bonds is 8. The Hall–Kier alpha value is -1.33. The Morgan fingerprint density at radius 3 is 2.89 bits per heavy atom. The predicted octanol–water partition coefficient (Wildman–Crippen LogP) is 2.63. The summed E-state index contributed by atoms with van der Waals surface area (Å²) in [4.78, 5) is 14.7. The first kappa shape index (κ1) is 14.7. The van der Waals surface area contributed by atoms with Gasteiger partial charge in [0.2, 0.25) is 5.88 Å². The van der Waals surface area contributed by atoms with Gasteiger partial charge in [0.25, 0.3) is 0 Å². The Balaban J connectivity index is 2.43. The van der Waals surface area contributed by atoms with E-state index in [9.17, 15) is 4.79 Å². The standard InChI is InChI=1S/C12H16ClNO4/c1-2-3-6-17-7-8-18-11-10(13)9(12(15)16)4-5-14-11/h4-5H,2-3,6-8H2,1H3,(H,15,16). The van der Waals surface area contributed by atoms with Gasteiger partial charge in [0.15, 0.2) is 0 Å². The first-order valence-electron chi connectivity index (χ1n) is 5.75. The number of pyridine rings is 1. The zero-order chi connectivity index (χ0) is 13.4. The lowest BCUT2D eigenvalue weighted by atomic mass is 10.3. The van der Waals surface area contributed by atoms with Crippen LogP contribution in [0.5, 0.6) is 5.88 Å². The summed E-state index contributed by atoms with van der Waals surface area (Å²) in [6.45, 7) is 3.49. The zero-order valence-corrected chi connectivity index (χ0v) is 10.9. The lowest BCUT2D eigenvalue weighted by molar-refractivity contribution is 0.0695. The molecule has 100 valence electrons. The number of carboxylic acids is 1. The Bertz CT molecular complexity index is 398. The summed E-state index contributed by atoms with van der Waals surface area (Å²) in [7, 11) is 0. The summed E-state index contributed by atoms with van der Waals surface area (Å²) >= 11 is 5.86. The Morgan fingerprint density at radius 2 is 2.22 bits per heavy atom. The molecule has 0 saturated heterocycles. The van der Waals surface area contributed by atoms with Crippen LogP contribution in [0.25, 0.3) is 0 Å². The molecule has 0 radical (unpaired) electrons. The number of nitrogens with zero attached hydrogens (tertiary/aromatic N) is 1. The van der Waals surface area contributed by atoms with Gasteiger partial charge in [-0.3, -0.25) is 0 Å². The molecule has 5 nitrogen and oxygen atoms in total. The molecule has 0 aromatic carbocycles. The maximum atomic E-state index is 10.8. The molecule has 0 aliphatic heterocycles. The summed E-state index contributed by atoms with van der Waals surface area (Å²) in [6, 6.07) is 1.33. The lowest BCUT2D eigenvalue weighted by Gasteiger charge is -2.08. The van der Waals surface area contributed by atoms with Gasteiger partial charge in [-0.15, -0.1) is 0 Å². The number of carboxylic acid groups (broad SMARTS) is 1. The molecule has 0 unspecified atom stereocenters. The molecule has 0 amide bonds. The fourth-order valence-corrected chi connectivity index (χ4v) is 1.48. The average Bonchev–Trinajstić information content (AvgIpc) is 2.35. The van der Waals surface area contributed by atoms with E-state index in [0.717, 1.165) is 12.8 Å². The van der Waals surface area contributed by atoms with Crippen molar-refractivity contribution < 1.29 is 19.4 Å². The molecule has 0 fully saturated rings. The van der Waals surface area contributed by atoms with E-state index in [-0.39, 0.29) is 16.5 Å². The summed E-state index contributed by atoms with van der Waals surface area (Å²) in [6.07, 6.45) is 3.44. The Morgan fingerprint density at radius 1 is 1.44 bits per heavy atom. The van der Waals surface area contributed by atoms with Crippen molar-refractivity contribution in [3.05, 3.63) is 22.8 Å². The molecule has 0 spiro atoms. The molecule has 1 heterocycles. The second-order valence-electron chi connectivity index (χ2n) is 3.60. The molecule has 1 N–H and O–H groups in total. The lowest BCUT2D eigenvalue weighted by Crippen LogP contribution is -2.09. The minimum atomic E-state index is -1.11. The molecule has 0 atom stereocenters. The number of aromatic nitrogens is 1. The van der Waals surface area contributed by atoms with Crippen molar-refractivity contribution in [2.24, 2.45) is 0 Å². The quantitative estimate of drug-likeness (QED) is 0.738. The highest BCUT2D eigenvalue weighted by atomic mass is 35.5. The highest BCUT2D eigenvalue weighted by Gasteiger charge is 2.13. The summed E-state index contributed by atoms with van der Waals surface area (Å²) in [5.74, 6) is -0.984. The van der Waals surface area contributed by atoms with E-state index in [1.807, 2.05) is 0 Å². The number of hydrogen-bond acceptors (Lipinski definition) is 4. The minimum absolute atomic E-state index is 0.0126. The monoisotopic (exact) mass is 273 g/mol. The van der Waals surface area contributed by atoms with Crippen LogP contribution in [0.3, 0.4) is 0 Å². The molecule has 0 bridgehead atoms. The van der Waals surface area contributed by atoms with E-state index in [1.165, 1.54) is 12.3 Å². The van der Waals surface area contributed by atoms with Crippen LogP contribution >= 0.6 is 11.6 Å². The van der Waals surface area contributed by atoms with Gasteiger partial charge >= 0.3 is 5.97 Å². The number of unbranched alkanes of at least 4 members (excludes halogenated alkanes) is 1. The van der Waals surface area contributed by atoms with Crippen LogP contribution in [0.4, 0.5) is 0 Å². The van der Waals surface area contributed by atoms with Crippen molar-refractivity contribution in [3.8, 4) is 5.88 Å². The van der Waals surface area contributed by atoms with Crippen molar-refractivity contribution in [2.45, 2.75) is 19.8 Å². The Kier molecular flexibility index (Phi) is 6.46. The Labute approximate surface area is 111 Å². The average molecular weight is 274 g/mol. The van der Waals surface area contributed by atoms with Crippen LogP contribution in [-0.2, 0) is 4.74 Å². The third-order valence-electron chi connectivity index (χ3n) is 2.20. The molecule has 6 heteroatoms. The van der Waals surface area contributed by atoms with Crippen molar-refractivity contribution in [3.63, 3.8) is 0 Å². The van der Waals surface area contributed by atoms with Crippen molar-refractivity contribution in [1.82, 2.24) is 4.98 Å². The van der Waals surface area contributed by atoms with Gasteiger partial charge in [0, 0.05) is 12.8 Å². The normalized spacial score (nSPS) is 10.3. The zero-order valence-electron chi connectivity index (χ0n) is 10.2. The molecular weight excluding hydrogens is 258 g/mol. The van der Waals surface area contributed by atoms with Gasteiger partial charge in [-0.1, -0.05) is 24.9 Å². The van der Waals surface area contributed by atoms with Crippen molar-refractivity contribution in [1.29, 1.82) is 0 Å². The van der Waals surface area contributed by atoms with Gasteiger partial charge in [0.05, 0.1) is 12.2 Å². The second-order valence-corrected chi connectivity index (χ2v) is 3.98. The van der Waals surface area contributed by atoms with E-state index in [1.54, 1.807) is 0 Å². The van der Waals surface area contributed by atoms with Gasteiger partial charge in [-0.2, -0.15) is 0 Å². The highest BCUT2D eigenvalue weighted by Crippen LogP contribution is 2.25. The van der Waals surface area contributed by atoms with Crippen LogP contribution in [0.2, 0.25) is 5.02 Å². The number of ether oxygens (including phenoxy) is 2. The molecule has 1 rings (SSSR count). The van der Waals surface area contributed by atoms with E-state index >= 15 is 0 Å². The third-order valence-corrected chi connectivity index (χ3v) is 2.56. The molecule has 1 aromatic heterocycles. The molecule has 0 aliphatic rings. The van der Waals surface area contributed by atoms with Crippen molar-refractivity contribution in [2.75, 3.05) is 19.8 Å². The van der Waals surface area contributed by atoms with Gasteiger partial charge < -0.3 is 14.6 Å². The van der Waals surface area contributed by atoms with Gasteiger partial charge in [-0.25, -0.2) is 9.78 Å². The van der Waals surface area contributed by atoms with E-state index in [2.05, 4.69) is 11.9 Å². The van der Waals surface area contributed by atoms with Crippen LogP contribution in [0, 0.1) is 0 Å². The van der Waals surface area contributed by atoms with Gasteiger partial charge in [0.1, 0.15) is 11.6 Å². The number of aromatic carboxylic acids is 1. The molecule has 0 aliphatic carbocycles. The molecule has 0 saturated carbocycles. The second kappa shape index (κ2) is 7.89.